The van der Waals surface area contributed by atoms with Crippen LogP contribution in [0, 0.1) is 10.1 Å². The van der Waals surface area contributed by atoms with E-state index >= 15 is 0 Å². The Balaban J connectivity index is 1.91. The Bertz CT molecular complexity index is 582. The van der Waals surface area contributed by atoms with Gasteiger partial charge in [-0.3, -0.25) is 10.1 Å². The molecule has 1 saturated heterocycles. The molecule has 1 aromatic carbocycles. The number of nitrogens with one attached hydrogen (secondary N) is 1. The predicted octanol–water partition coefficient (Wildman–Crippen LogP) is 1.69. The van der Waals surface area contributed by atoms with Crippen LogP contribution in [0.25, 0.3) is 0 Å². The second-order valence-corrected chi connectivity index (χ2v) is 5.90. The minimum absolute atomic E-state index is 0.00823. The van der Waals surface area contributed by atoms with Crippen LogP contribution in [0.5, 0.6) is 0 Å². The Morgan fingerprint density at radius 1 is 1.25 bits per heavy atom. The van der Waals surface area contributed by atoms with E-state index in [2.05, 4.69) is 5.32 Å². The molecule has 1 aromatic rings. The largest absolute Gasteiger partial charge is 0.382 e. The Hall–Kier alpha value is -1.74. The summed E-state index contributed by atoms with van der Waals surface area (Å²) in [5, 5.41) is 13.7. The van der Waals surface area contributed by atoms with Crippen molar-refractivity contribution in [2.45, 2.75) is 18.9 Å². The average Bonchev–Trinajstić information content (AvgIpc) is 2.39. The molecule has 20 heavy (non-hydrogen) atoms. The van der Waals surface area contributed by atoms with Gasteiger partial charge in [0.2, 0.25) is 0 Å². The highest BCUT2D eigenvalue weighted by molar-refractivity contribution is 7.83. The molecule has 0 amide bonds. The van der Waals surface area contributed by atoms with Gasteiger partial charge in [-0.1, -0.05) is 3.89 Å². The first-order chi connectivity index (χ1) is 9.36. The van der Waals surface area contributed by atoms with Gasteiger partial charge in [0.15, 0.2) is 0 Å². The summed E-state index contributed by atoms with van der Waals surface area (Å²) < 4.78 is 35.0. The van der Waals surface area contributed by atoms with Gasteiger partial charge in [0, 0.05) is 37.0 Å². The summed E-state index contributed by atoms with van der Waals surface area (Å²) in [6, 6.07) is 5.99. The minimum atomic E-state index is -4.61. The summed E-state index contributed by atoms with van der Waals surface area (Å²) in [5.41, 5.74) is 0.728. The molecule has 7 nitrogen and oxygen atoms in total. The lowest BCUT2D eigenvalue weighted by molar-refractivity contribution is -0.384. The SMILES string of the molecule is O=[N+]([O-])c1ccc(NC2CCN(S(=O)(=O)F)CC2)cc1. The van der Waals surface area contributed by atoms with Crippen molar-refractivity contribution in [3.63, 3.8) is 0 Å². The molecule has 0 radical (unpaired) electrons. The molecule has 0 aliphatic carbocycles. The van der Waals surface area contributed by atoms with Crippen LogP contribution >= 0.6 is 0 Å². The van der Waals surface area contributed by atoms with Crippen LogP contribution in [-0.2, 0) is 10.4 Å². The lowest BCUT2D eigenvalue weighted by Crippen LogP contribution is -2.40. The van der Waals surface area contributed by atoms with Gasteiger partial charge in [0.25, 0.3) is 5.69 Å². The highest BCUT2D eigenvalue weighted by atomic mass is 32.3. The van der Waals surface area contributed by atoms with Crippen molar-refractivity contribution < 1.29 is 17.2 Å². The van der Waals surface area contributed by atoms with Gasteiger partial charge < -0.3 is 5.32 Å². The standard InChI is InChI=1S/C11H14FN3O4S/c12-20(18,19)14-7-5-10(6-8-14)13-9-1-3-11(4-2-9)15(16)17/h1-4,10,13H,5-8H2. The Morgan fingerprint density at radius 2 is 1.80 bits per heavy atom. The molecule has 0 atom stereocenters. The summed E-state index contributed by atoms with van der Waals surface area (Å²) in [5.74, 6) is 0. The average molecular weight is 303 g/mol. The first-order valence-electron chi connectivity index (χ1n) is 6.07. The van der Waals surface area contributed by atoms with Crippen LogP contribution in [0.1, 0.15) is 12.8 Å². The zero-order valence-corrected chi connectivity index (χ0v) is 11.3. The third kappa shape index (κ3) is 3.64. The van der Waals surface area contributed by atoms with E-state index in [1.54, 1.807) is 12.1 Å². The van der Waals surface area contributed by atoms with Gasteiger partial charge in [0.1, 0.15) is 0 Å². The first-order valence-corrected chi connectivity index (χ1v) is 7.41. The Kier molecular flexibility index (Phi) is 4.19. The maximum atomic E-state index is 12.8. The van der Waals surface area contributed by atoms with Crippen LogP contribution in [0.3, 0.4) is 0 Å². The van der Waals surface area contributed by atoms with Gasteiger partial charge in [-0.25, -0.2) is 0 Å². The van der Waals surface area contributed by atoms with Gasteiger partial charge in [-0.05, 0) is 25.0 Å². The number of nitro groups is 1. The van der Waals surface area contributed by atoms with Crippen LogP contribution in [0.2, 0.25) is 0 Å². The lowest BCUT2D eigenvalue weighted by Gasteiger charge is -2.29. The van der Waals surface area contributed by atoms with E-state index in [0.29, 0.717) is 12.8 Å². The second-order valence-electron chi connectivity index (χ2n) is 4.56. The van der Waals surface area contributed by atoms with Gasteiger partial charge in [-0.15, -0.1) is 0 Å². The monoisotopic (exact) mass is 303 g/mol. The van der Waals surface area contributed by atoms with Crippen LogP contribution in [0.15, 0.2) is 24.3 Å². The van der Waals surface area contributed by atoms with Crippen LogP contribution in [0.4, 0.5) is 15.3 Å². The highest BCUT2D eigenvalue weighted by Gasteiger charge is 2.27. The molecule has 1 aliphatic rings. The van der Waals surface area contributed by atoms with E-state index in [9.17, 15) is 22.4 Å². The highest BCUT2D eigenvalue weighted by Crippen LogP contribution is 2.21. The second kappa shape index (κ2) is 5.71. The topological polar surface area (TPSA) is 92.6 Å². The van der Waals surface area contributed by atoms with E-state index in [4.69, 9.17) is 0 Å². The number of hydrogen-bond acceptors (Lipinski definition) is 5. The normalized spacial score (nSPS) is 17.9. The molecule has 110 valence electrons. The number of non-ortho nitro benzene ring substituents is 1. The van der Waals surface area contributed by atoms with Crippen LogP contribution in [-0.4, -0.2) is 36.8 Å². The molecule has 2 rings (SSSR count). The number of nitrogens with zero attached hydrogens (tertiary/aromatic N) is 2. The fourth-order valence-corrected chi connectivity index (χ4v) is 2.78. The van der Waals surface area contributed by atoms with Crippen molar-refractivity contribution in [2.75, 3.05) is 18.4 Å². The molecule has 1 heterocycles. The maximum absolute atomic E-state index is 12.8. The van der Waals surface area contributed by atoms with Crippen molar-refractivity contribution in [3.05, 3.63) is 34.4 Å². The van der Waals surface area contributed by atoms with E-state index in [1.807, 2.05) is 0 Å². The molecule has 0 bridgehead atoms. The third-order valence-corrected chi connectivity index (χ3v) is 4.19. The fraction of sp³-hybridized carbons (Fsp3) is 0.455. The number of halogens is 1. The van der Waals surface area contributed by atoms with Crippen molar-refractivity contribution in [2.24, 2.45) is 0 Å². The number of piperidine rings is 1. The lowest BCUT2D eigenvalue weighted by atomic mass is 10.1. The Morgan fingerprint density at radius 3 is 2.25 bits per heavy atom. The van der Waals surface area contributed by atoms with E-state index in [-0.39, 0.29) is 24.8 Å². The zero-order chi connectivity index (χ0) is 14.8. The molecular formula is C11H14FN3O4S. The number of benzene rings is 1. The van der Waals surface area contributed by atoms with Crippen molar-refractivity contribution >= 4 is 21.8 Å². The van der Waals surface area contributed by atoms with Crippen molar-refractivity contribution in [1.29, 1.82) is 0 Å². The molecule has 0 saturated carbocycles. The molecule has 0 unspecified atom stereocenters. The summed E-state index contributed by atoms with van der Waals surface area (Å²) >= 11 is 0. The summed E-state index contributed by atoms with van der Waals surface area (Å²) in [7, 11) is -4.61. The first kappa shape index (κ1) is 14.7. The number of nitro benzene ring substituents is 1. The number of hydrogen-bond donors (Lipinski definition) is 1. The number of rotatable bonds is 4. The molecule has 9 heteroatoms. The van der Waals surface area contributed by atoms with Gasteiger partial charge >= 0.3 is 10.4 Å². The molecule has 1 aliphatic heterocycles. The predicted molar refractivity (Wildman–Crippen MR) is 71.3 cm³/mol. The van der Waals surface area contributed by atoms with Crippen molar-refractivity contribution in [1.82, 2.24) is 4.31 Å². The fourth-order valence-electron chi connectivity index (χ4n) is 2.13. The molecule has 1 fully saturated rings. The van der Waals surface area contributed by atoms with E-state index in [1.165, 1.54) is 12.1 Å². The third-order valence-electron chi connectivity index (χ3n) is 3.21. The smallest absolute Gasteiger partial charge is 0.374 e. The quantitative estimate of drug-likeness (QED) is 0.519. The molecule has 0 spiro atoms. The maximum Gasteiger partial charge on any atom is 0.374 e. The minimum Gasteiger partial charge on any atom is -0.382 e. The molecule has 1 N–H and O–H groups in total. The summed E-state index contributed by atoms with van der Waals surface area (Å²) in [6.07, 6.45) is 0.972. The van der Waals surface area contributed by atoms with E-state index in [0.717, 1.165) is 9.99 Å². The van der Waals surface area contributed by atoms with Gasteiger partial charge in [0.05, 0.1) is 4.92 Å². The van der Waals surface area contributed by atoms with Crippen LogP contribution < -0.4 is 5.32 Å². The molecular weight excluding hydrogens is 289 g/mol. The van der Waals surface area contributed by atoms with Gasteiger partial charge in [-0.2, -0.15) is 12.7 Å². The van der Waals surface area contributed by atoms with Crippen molar-refractivity contribution in [3.8, 4) is 0 Å². The summed E-state index contributed by atoms with van der Waals surface area (Å²) in [6.45, 7) is 0.257. The zero-order valence-electron chi connectivity index (χ0n) is 10.5. The Labute approximate surface area is 115 Å². The molecule has 0 aromatic heterocycles. The van der Waals surface area contributed by atoms with E-state index < -0.39 is 15.3 Å². The summed E-state index contributed by atoms with van der Waals surface area (Å²) in [4.78, 5) is 10.0. The number of anilines is 1.